The second-order valence-electron chi connectivity index (χ2n) is 4.97. The molecule has 0 aromatic rings. The van der Waals surface area contributed by atoms with Crippen molar-refractivity contribution in [1.29, 1.82) is 0 Å². The van der Waals surface area contributed by atoms with E-state index in [1.165, 1.54) is 25.7 Å². The Labute approximate surface area is 121 Å². The second kappa shape index (κ2) is 12.2. The molecule has 19 heavy (non-hydrogen) atoms. The van der Waals surface area contributed by atoms with Crippen LogP contribution < -0.4 is 5.32 Å². The molecule has 0 spiro atoms. The standard InChI is InChI=1S/C15H26ClNO2/c1-13(2)15(19)17-12-10-8-6-4-3-5-7-9-11-14(16)18/h1,3-12H2,2H3,(H,17,19). The summed E-state index contributed by atoms with van der Waals surface area (Å²) in [5.41, 5.74) is 0.565. The molecule has 0 heterocycles. The number of carbonyl (C=O) groups is 2. The van der Waals surface area contributed by atoms with Crippen LogP contribution in [0.2, 0.25) is 0 Å². The average molecular weight is 288 g/mol. The van der Waals surface area contributed by atoms with Crippen molar-refractivity contribution in [2.75, 3.05) is 6.54 Å². The molecular weight excluding hydrogens is 262 g/mol. The number of unbranched alkanes of at least 4 members (excludes halogenated alkanes) is 7. The molecule has 0 saturated heterocycles. The van der Waals surface area contributed by atoms with E-state index in [2.05, 4.69) is 11.9 Å². The van der Waals surface area contributed by atoms with Gasteiger partial charge in [-0.1, -0.05) is 45.1 Å². The van der Waals surface area contributed by atoms with E-state index in [9.17, 15) is 9.59 Å². The van der Waals surface area contributed by atoms with Gasteiger partial charge in [0.25, 0.3) is 0 Å². The summed E-state index contributed by atoms with van der Waals surface area (Å²) in [6.07, 6.45) is 9.51. The van der Waals surface area contributed by atoms with E-state index >= 15 is 0 Å². The number of nitrogens with one attached hydrogen (secondary N) is 1. The number of carbonyl (C=O) groups excluding carboxylic acids is 2. The molecule has 0 aromatic heterocycles. The van der Waals surface area contributed by atoms with Gasteiger partial charge in [-0.05, 0) is 31.4 Å². The number of halogens is 1. The molecule has 0 aromatic carbocycles. The molecule has 0 rings (SSSR count). The minimum Gasteiger partial charge on any atom is -0.352 e. The smallest absolute Gasteiger partial charge is 0.246 e. The highest BCUT2D eigenvalue weighted by atomic mass is 35.5. The lowest BCUT2D eigenvalue weighted by molar-refractivity contribution is -0.117. The van der Waals surface area contributed by atoms with Crippen molar-refractivity contribution in [3.63, 3.8) is 0 Å². The van der Waals surface area contributed by atoms with E-state index in [-0.39, 0.29) is 11.1 Å². The van der Waals surface area contributed by atoms with Crippen LogP contribution in [0.15, 0.2) is 12.2 Å². The Morgan fingerprint density at radius 1 is 0.947 bits per heavy atom. The molecule has 0 aliphatic heterocycles. The van der Waals surface area contributed by atoms with E-state index in [0.717, 1.165) is 32.2 Å². The van der Waals surface area contributed by atoms with Crippen molar-refractivity contribution < 1.29 is 9.59 Å². The maximum Gasteiger partial charge on any atom is 0.246 e. The maximum absolute atomic E-state index is 11.2. The summed E-state index contributed by atoms with van der Waals surface area (Å²) in [5, 5.41) is 2.60. The van der Waals surface area contributed by atoms with Gasteiger partial charge in [0.05, 0.1) is 0 Å². The van der Waals surface area contributed by atoms with Crippen LogP contribution in [0.25, 0.3) is 0 Å². The summed E-state index contributed by atoms with van der Waals surface area (Å²) >= 11 is 5.26. The van der Waals surface area contributed by atoms with Gasteiger partial charge < -0.3 is 5.32 Å². The van der Waals surface area contributed by atoms with Crippen LogP contribution >= 0.6 is 11.6 Å². The molecule has 0 aliphatic rings. The summed E-state index contributed by atoms with van der Waals surface area (Å²) in [6, 6.07) is 0. The van der Waals surface area contributed by atoms with Gasteiger partial charge in [0.15, 0.2) is 0 Å². The summed E-state index contributed by atoms with van der Waals surface area (Å²) < 4.78 is 0. The van der Waals surface area contributed by atoms with Crippen molar-refractivity contribution in [3.8, 4) is 0 Å². The zero-order valence-corrected chi connectivity index (χ0v) is 12.7. The fourth-order valence-electron chi connectivity index (χ4n) is 1.80. The topological polar surface area (TPSA) is 46.2 Å². The first-order chi connectivity index (χ1) is 9.04. The predicted molar refractivity (Wildman–Crippen MR) is 80.2 cm³/mol. The third-order valence-electron chi connectivity index (χ3n) is 2.97. The van der Waals surface area contributed by atoms with Gasteiger partial charge in [-0.3, -0.25) is 9.59 Å². The van der Waals surface area contributed by atoms with E-state index in [1.807, 2.05) is 0 Å². The van der Waals surface area contributed by atoms with Crippen LogP contribution in [0, 0.1) is 0 Å². The van der Waals surface area contributed by atoms with Gasteiger partial charge in [-0.25, -0.2) is 0 Å². The quantitative estimate of drug-likeness (QED) is 0.335. The summed E-state index contributed by atoms with van der Waals surface area (Å²) in [6.45, 7) is 6.04. The predicted octanol–water partition coefficient (Wildman–Crippen LogP) is 3.96. The van der Waals surface area contributed by atoms with Crippen LogP contribution in [0.3, 0.4) is 0 Å². The van der Waals surface area contributed by atoms with E-state index in [1.54, 1.807) is 6.92 Å². The Morgan fingerprint density at radius 3 is 1.89 bits per heavy atom. The molecule has 110 valence electrons. The SMILES string of the molecule is C=C(C)C(=O)NCCCCCCCCCCC(=O)Cl. The normalized spacial score (nSPS) is 10.2. The minimum atomic E-state index is -0.225. The third-order valence-corrected chi connectivity index (χ3v) is 3.16. The first-order valence-corrected chi connectivity index (χ1v) is 7.54. The molecule has 0 radical (unpaired) electrons. The first kappa shape index (κ1) is 18.2. The summed E-state index contributed by atoms with van der Waals surface area (Å²) in [4.78, 5) is 21.7. The molecule has 1 amide bonds. The Balaban J connectivity index is 3.13. The summed E-state index contributed by atoms with van der Waals surface area (Å²) in [7, 11) is 0. The molecule has 3 nitrogen and oxygen atoms in total. The fourth-order valence-corrected chi connectivity index (χ4v) is 1.94. The van der Waals surface area contributed by atoms with Crippen LogP contribution in [0.5, 0.6) is 0 Å². The van der Waals surface area contributed by atoms with Crippen molar-refractivity contribution in [3.05, 3.63) is 12.2 Å². The molecule has 1 N–H and O–H groups in total. The number of rotatable bonds is 12. The largest absolute Gasteiger partial charge is 0.352 e. The van der Waals surface area contributed by atoms with Crippen molar-refractivity contribution >= 4 is 22.8 Å². The molecule has 0 saturated carbocycles. The Hall–Kier alpha value is -0.830. The summed E-state index contributed by atoms with van der Waals surface area (Å²) in [5.74, 6) is -0.0474. The molecule has 0 fully saturated rings. The van der Waals surface area contributed by atoms with E-state index < -0.39 is 0 Å². The maximum atomic E-state index is 11.2. The van der Waals surface area contributed by atoms with Crippen molar-refractivity contribution in [1.82, 2.24) is 5.32 Å². The van der Waals surface area contributed by atoms with Crippen LogP contribution in [0.1, 0.15) is 64.7 Å². The molecule has 0 aliphatic carbocycles. The van der Waals surface area contributed by atoms with Gasteiger partial charge in [-0.15, -0.1) is 0 Å². The van der Waals surface area contributed by atoms with Gasteiger partial charge in [0.2, 0.25) is 11.1 Å². The number of hydrogen-bond acceptors (Lipinski definition) is 2. The molecule has 0 unspecified atom stereocenters. The molecule has 4 heteroatoms. The number of hydrogen-bond donors (Lipinski definition) is 1. The highest BCUT2D eigenvalue weighted by molar-refractivity contribution is 6.63. The van der Waals surface area contributed by atoms with Crippen LogP contribution in [-0.4, -0.2) is 17.7 Å². The zero-order valence-electron chi connectivity index (χ0n) is 12.0. The lowest BCUT2D eigenvalue weighted by Gasteiger charge is -2.04. The van der Waals surface area contributed by atoms with Crippen LogP contribution in [0.4, 0.5) is 0 Å². The molecule has 0 bridgehead atoms. The lowest BCUT2D eigenvalue weighted by Crippen LogP contribution is -2.24. The zero-order chi connectivity index (χ0) is 14.5. The minimum absolute atomic E-state index is 0.0474. The van der Waals surface area contributed by atoms with Gasteiger partial charge in [-0.2, -0.15) is 0 Å². The van der Waals surface area contributed by atoms with E-state index in [4.69, 9.17) is 11.6 Å². The van der Waals surface area contributed by atoms with Gasteiger partial charge in [0, 0.05) is 18.5 Å². The first-order valence-electron chi connectivity index (χ1n) is 7.16. The highest BCUT2D eigenvalue weighted by Crippen LogP contribution is 2.10. The Kier molecular flexibility index (Phi) is 11.7. The third kappa shape index (κ3) is 13.4. The Morgan fingerprint density at radius 2 is 1.42 bits per heavy atom. The monoisotopic (exact) mass is 287 g/mol. The van der Waals surface area contributed by atoms with Gasteiger partial charge >= 0.3 is 0 Å². The van der Waals surface area contributed by atoms with Crippen LogP contribution in [-0.2, 0) is 9.59 Å². The number of amides is 1. The van der Waals surface area contributed by atoms with Gasteiger partial charge in [0.1, 0.15) is 0 Å². The average Bonchev–Trinajstić information content (AvgIpc) is 2.35. The fraction of sp³-hybridized carbons (Fsp3) is 0.733. The highest BCUT2D eigenvalue weighted by Gasteiger charge is 1.99. The second-order valence-corrected chi connectivity index (χ2v) is 5.39. The molecule has 0 atom stereocenters. The van der Waals surface area contributed by atoms with Crippen molar-refractivity contribution in [2.24, 2.45) is 0 Å². The molecular formula is C15H26ClNO2. The Bertz CT molecular complexity index is 290. The van der Waals surface area contributed by atoms with E-state index in [0.29, 0.717) is 12.0 Å². The van der Waals surface area contributed by atoms with Crippen molar-refractivity contribution in [2.45, 2.75) is 64.7 Å². The lowest BCUT2D eigenvalue weighted by atomic mass is 10.1.